The predicted molar refractivity (Wildman–Crippen MR) is 260 cm³/mol. The lowest BCUT2D eigenvalue weighted by molar-refractivity contribution is -0.167. The van der Waals surface area contributed by atoms with E-state index in [1.807, 2.05) is 85.1 Å². The molecule has 0 heterocycles. The Hall–Kier alpha value is -4.71. The molecule has 0 aliphatic carbocycles. The van der Waals surface area contributed by atoms with E-state index in [9.17, 15) is 14.4 Å². The molecule has 0 saturated heterocycles. The highest BCUT2D eigenvalue weighted by molar-refractivity contribution is 5.71. The first-order chi connectivity index (χ1) is 30.0. The average molecular weight is 839 g/mol. The van der Waals surface area contributed by atoms with Crippen molar-refractivity contribution in [3.05, 3.63) is 146 Å². The summed E-state index contributed by atoms with van der Waals surface area (Å²) in [5, 5.41) is 0. The maximum atomic E-state index is 12.8. The molecule has 0 N–H and O–H groups in total. The van der Waals surface area contributed by atoms with E-state index in [4.69, 9.17) is 14.2 Å². The van der Waals surface area contributed by atoms with Crippen LogP contribution in [-0.2, 0) is 28.6 Å². The van der Waals surface area contributed by atoms with Crippen LogP contribution in [-0.4, -0.2) is 37.2 Å². The lowest BCUT2D eigenvalue weighted by Crippen LogP contribution is -2.30. The standard InChI is InChI=1S/C55H82O6/c1-4-7-10-13-16-19-22-25-27-30-33-36-39-42-45-48-54(57)60-51-52(50-59-53(56)47-44-41-38-35-32-29-24-21-18-15-12-9-6-3)61-55(58)49-46-43-40-37-34-31-28-26-23-20-17-14-11-8-5-2/h7-25,27,29-30,32-33,52H,4-6,26,28,31,34-51H2,1-3H3/b10-7+,11-8+,12-9+,16-13+,17-14+,18-15+,22-19+,23-20+,24-21+,27-25+,32-29+,33-30+. The molecule has 338 valence electrons. The van der Waals surface area contributed by atoms with Gasteiger partial charge in [-0.1, -0.05) is 212 Å². The second kappa shape index (κ2) is 48.0. The molecule has 0 aliphatic heterocycles. The molecule has 61 heavy (non-hydrogen) atoms. The van der Waals surface area contributed by atoms with E-state index >= 15 is 0 Å². The van der Waals surface area contributed by atoms with Crippen molar-refractivity contribution < 1.29 is 28.6 Å². The minimum absolute atomic E-state index is 0.124. The summed E-state index contributed by atoms with van der Waals surface area (Å²) in [6.45, 7) is 6.10. The van der Waals surface area contributed by atoms with Crippen LogP contribution in [0.1, 0.15) is 162 Å². The Bertz CT molecular complexity index is 1430. The summed E-state index contributed by atoms with van der Waals surface area (Å²) in [5.74, 6) is -1.03. The third kappa shape index (κ3) is 46.2. The Morgan fingerprint density at radius 3 is 0.934 bits per heavy atom. The van der Waals surface area contributed by atoms with Crippen molar-refractivity contribution in [1.29, 1.82) is 0 Å². The molecule has 0 bridgehead atoms. The van der Waals surface area contributed by atoms with Gasteiger partial charge in [0.1, 0.15) is 13.2 Å². The molecule has 0 aliphatic rings. The van der Waals surface area contributed by atoms with Gasteiger partial charge in [0, 0.05) is 19.3 Å². The smallest absolute Gasteiger partial charge is 0.306 e. The Balaban J connectivity index is 4.59. The molecule has 6 nitrogen and oxygen atoms in total. The van der Waals surface area contributed by atoms with E-state index in [0.29, 0.717) is 12.8 Å². The van der Waals surface area contributed by atoms with Crippen molar-refractivity contribution in [2.75, 3.05) is 13.2 Å². The van der Waals surface area contributed by atoms with Crippen molar-refractivity contribution in [2.24, 2.45) is 0 Å². The second-order valence-electron chi connectivity index (χ2n) is 14.8. The van der Waals surface area contributed by atoms with Crippen molar-refractivity contribution in [2.45, 2.75) is 168 Å². The maximum Gasteiger partial charge on any atom is 0.306 e. The van der Waals surface area contributed by atoms with Gasteiger partial charge in [-0.15, -0.1) is 0 Å². The van der Waals surface area contributed by atoms with Crippen LogP contribution in [0.4, 0.5) is 0 Å². The van der Waals surface area contributed by atoms with Gasteiger partial charge in [-0.2, -0.15) is 0 Å². The second-order valence-corrected chi connectivity index (χ2v) is 14.8. The van der Waals surface area contributed by atoms with Gasteiger partial charge in [0.25, 0.3) is 0 Å². The van der Waals surface area contributed by atoms with Crippen LogP contribution >= 0.6 is 0 Å². The predicted octanol–water partition coefficient (Wildman–Crippen LogP) is 15.3. The van der Waals surface area contributed by atoms with Crippen LogP contribution in [0.25, 0.3) is 0 Å². The monoisotopic (exact) mass is 839 g/mol. The Morgan fingerprint density at radius 1 is 0.328 bits per heavy atom. The fourth-order valence-electron chi connectivity index (χ4n) is 5.65. The topological polar surface area (TPSA) is 78.9 Å². The summed E-state index contributed by atoms with van der Waals surface area (Å²) in [6, 6.07) is 0. The number of rotatable bonds is 39. The number of ether oxygens (including phenoxy) is 3. The Kier molecular flexibility index (Phi) is 44.3. The fraction of sp³-hybridized carbons (Fsp3) is 0.509. The molecule has 0 aromatic heterocycles. The number of hydrogen-bond acceptors (Lipinski definition) is 6. The minimum Gasteiger partial charge on any atom is -0.462 e. The highest BCUT2D eigenvalue weighted by Crippen LogP contribution is 2.12. The number of carbonyl (C=O) groups is 3. The molecule has 0 radical (unpaired) electrons. The average Bonchev–Trinajstić information content (AvgIpc) is 3.26. The van der Waals surface area contributed by atoms with Gasteiger partial charge in [-0.3, -0.25) is 14.4 Å². The molecule has 6 heteroatoms. The number of unbranched alkanes of at least 4 members (excludes halogenated alkanes) is 13. The van der Waals surface area contributed by atoms with E-state index in [-0.39, 0.29) is 37.5 Å². The molecule has 0 spiro atoms. The molecular weight excluding hydrogens is 757 g/mol. The highest BCUT2D eigenvalue weighted by atomic mass is 16.6. The number of allylic oxidation sites excluding steroid dienone is 24. The van der Waals surface area contributed by atoms with E-state index in [1.54, 1.807) is 0 Å². The van der Waals surface area contributed by atoms with Gasteiger partial charge in [-0.25, -0.2) is 0 Å². The van der Waals surface area contributed by atoms with Gasteiger partial charge in [-0.05, 0) is 77.0 Å². The number of esters is 3. The van der Waals surface area contributed by atoms with E-state index in [2.05, 4.69) is 81.5 Å². The molecule has 0 rings (SSSR count). The molecule has 0 saturated carbocycles. The minimum atomic E-state index is -0.824. The van der Waals surface area contributed by atoms with Crippen LogP contribution in [0.2, 0.25) is 0 Å². The normalized spacial score (nSPS) is 13.4. The Morgan fingerprint density at radius 2 is 0.590 bits per heavy atom. The van der Waals surface area contributed by atoms with Crippen LogP contribution in [0, 0.1) is 0 Å². The van der Waals surface area contributed by atoms with Crippen LogP contribution < -0.4 is 0 Å². The quantitative estimate of drug-likeness (QED) is 0.0265. The fourth-order valence-corrected chi connectivity index (χ4v) is 5.65. The SMILES string of the molecule is CC/C=C/C=C/C=C/C=C/C=C/CCCCCC(=O)OCC(COC(=O)CCCCC/C=C/C=C/C=C/C=C/CC)OC(=O)CCCCCCCCC/C=C/C=C/C=C/CC. The zero-order chi connectivity index (χ0) is 44.4. The first kappa shape index (κ1) is 56.3. The van der Waals surface area contributed by atoms with Gasteiger partial charge in [0.2, 0.25) is 0 Å². The first-order valence-corrected chi connectivity index (χ1v) is 23.5. The van der Waals surface area contributed by atoms with E-state index in [1.165, 1.54) is 19.3 Å². The summed E-state index contributed by atoms with van der Waals surface area (Å²) >= 11 is 0. The van der Waals surface area contributed by atoms with Gasteiger partial charge < -0.3 is 14.2 Å². The van der Waals surface area contributed by atoms with Crippen molar-refractivity contribution in [3.63, 3.8) is 0 Å². The van der Waals surface area contributed by atoms with E-state index in [0.717, 1.165) is 103 Å². The first-order valence-electron chi connectivity index (χ1n) is 23.5. The van der Waals surface area contributed by atoms with Gasteiger partial charge in [0.15, 0.2) is 6.10 Å². The van der Waals surface area contributed by atoms with E-state index < -0.39 is 6.10 Å². The summed E-state index contributed by atoms with van der Waals surface area (Å²) in [7, 11) is 0. The third-order valence-electron chi connectivity index (χ3n) is 9.10. The zero-order valence-electron chi connectivity index (χ0n) is 38.4. The molecule has 0 aromatic rings. The molecule has 1 unspecified atom stereocenters. The highest BCUT2D eigenvalue weighted by Gasteiger charge is 2.19. The van der Waals surface area contributed by atoms with Crippen LogP contribution in [0.15, 0.2) is 146 Å². The summed E-state index contributed by atoms with van der Waals surface area (Å²) < 4.78 is 16.7. The van der Waals surface area contributed by atoms with Gasteiger partial charge in [0.05, 0.1) is 0 Å². The lowest BCUT2D eigenvalue weighted by atomic mass is 10.1. The maximum absolute atomic E-state index is 12.8. The van der Waals surface area contributed by atoms with Crippen molar-refractivity contribution in [3.8, 4) is 0 Å². The largest absolute Gasteiger partial charge is 0.462 e. The number of carbonyl (C=O) groups excluding carboxylic acids is 3. The van der Waals surface area contributed by atoms with Crippen molar-refractivity contribution in [1.82, 2.24) is 0 Å². The summed E-state index contributed by atoms with van der Waals surface area (Å²) in [5.41, 5.74) is 0. The third-order valence-corrected chi connectivity index (χ3v) is 9.10. The molecule has 0 amide bonds. The molecule has 0 aromatic carbocycles. The van der Waals surface area contributed by atoms with Crippen LogP contribution in [0.3, 0.4) is 0 Å². The molecular formula is C55H82O6. The van der Waals surface area contributed by atoms with Gasteiger partial charge >= 0.3 is 17.9 Å². The zero-order valence-corrected chi connectivity index (χ0v) is 38.4. The lowest BCUT2D eigenvalue weighted by Gasteiger charge is -2.18. The van der Waals surface area contributed by atoms with Crippen LogP contribution in [0.5, 0.6) is 0 Å². The molecule has 0 fully saturated rings. The summed E-state index contributed by atoms with van der Waals surface area (Å²) in [4.78, 5) is 37.9. The Labute approximate surface area is 372 Å². The summed E-state index contributed by atoms with van der Waals surface area (Å²) in [6.07, 6.45) is 68.2. The van der Waals surface area contributed by atoms with Crippen molar-refractivity contribution >= 4 is 17.9 Å². The number of hydrogen-bond donors (Lipinski definition) is 0. The molecule has 1 atom stereocenters.